The summed E-state index contributed by atoms with van der Waals surface area (Å²) < 4.78 is 0. The zero-order chi connectivity index (χ0) is 11.8. The third kappa shape index (κ3) is 6.49. The lowest BCUT2D eigenvalue weighted by Crippen LogP contribution is -2.40. The first-order valence-electron chi connectivity index (χ1n) is 7.15. The lowest BCUT2D eigenvalue weighted by Gasteiger charge is -2.26. The Labute approximate surface area is 102 Å². The lowest BCUT2D eigenvalue weighted by molar-refractivity contribution is 0.343. The summed E-state index contributed by atoms with van der Waals surface area (Å²) in [6, 6.07) is 1.43. The van der Waals surface area contributed by atoms with Crippen molar-refractivity contribution in [3.8, 4) is 0 Å². The normalized spacial score (nSPS) is 23.6. The number of hydrogen-bond donors (Lipinski definition) is 2. The molecule has 0 amide bonds. The van der Waals surface area contributed by atoms with Crippen LogP contribution in [0.4, 0.5) is 0 Å². The minimum absolute atomic E-state index is 0.669. The maximum atomic E-state index is 3.65. The van der Waals surface area contributed by atoms with Crippen LogP contribution in [0.1, 0.15) is 59.3 Å². The first-order valence-corrected chi connectivity index (χ1v) is 7.15. The third-order valence-corrected chi connectivity index (χ3v) is 3.50. The Bertz CT molecular complexity index is 162. The first-order chi connectivity index (χ1) is 7.68. The summed E-state index contributed by atoms with van der Waals surface area (Å²) in [6.07, 6.45) is 8.12. The highest BCUT2D eigenvalue weighted by Gasteiger charge is 2.15. The van der Waals surface area contributed by atoms with E-state index in [4.69, 9.17) is 0 Å². The highest BCUT2D eigenvalue weighted by Crippen LogP contribution is 2.12. The minimum atomic E-state index is 0.669. The molecule has 0 aromatic carbocycles. The van der Waals surface area contributed by atoms with Gasteiger partial charge in [-0.05, 0) is 58.0 Å². The van der Waals surface area contributed by atoms with E-state index in [1.165, 1.54) is 51.6 Å². The van der Waals surface area contributed by atoms with Gasteiger partial charge in [0.2, 0.25) is 0 Å². The Balaban J connectivity index is 1.99. The maximum Gasteiger partial charge on any atom is 0.00817 e. The Hall–Kier alpha value is -0.0800. The Morgan fingerprint density at radius 2 is 2.06 bits per heavy atom. The predicted molar refractivity (Wildman–Crippen MR) is 71.8 cm³/mol. The van der Waals surface area contributed by atoms with Gasteiger partial charge in [0.1, 0.15) is 0 Å². The second-order valence-corrected chi connectivity index (χ2v) is 5.77. The van der Waals surface area contributed by atoms with E-state index in [-0.39, 0.29) is 0 Å². The molecular formula is C14H30N2. The second kappa shape index (κ2) is 8.08. The van der Waals surface area contributed by atoms with Crippen molar-refractivity contribution in [3.63, 3.8) is 0 Å². The minimum Gasteiger partial charge on any atom is -0.314 e. The molecule has 2 N–H and O–H groups in total. The SMILES string of the molecule is CC(C)CCCNC(C)CC1CCCCN1. The maximum absolute atomic E-state index is 3.65. The fourth-order valence-corrected chi connectivity index (χ4v) is 2.49. The van der Waals surface area contributed by atoms with Crippen molar-refractivity contribution < 1.29 is 0 Å². The molecule has 0 radical (unpaired) electrons. The van der Waals surface area contributed by atoms with E-state index in [0.717, 1.165) is 12.0 Å². The van der Waals surface area contributed by atoms with Gasteiger partial charge in [-0.1, -0.05) is 20.3 Å². The highest BCUT2D eigenvalue weighted by atomic mass is 15.0. The molecule has 1 fully saturated rings. The van der Waals surface area contributed by atoms with E-state index in [1.807, 2.05) is 0 Å². The van der Waals surface area contributed by atoms with Gasteiger partial charge >= 0.3 is 0 Å². The summed E-state index contributed by atoms with van der Waals surface area (Å²) in [5, 5.41) is 7.26. The van der Waals surface area contributed by atoms with E-state index in [0.29, 0.717) is 6.04 Å². The van der Waals surface area contributed by atoms with Gasteiger partial charge < -0.3 is 10.6 Å². The molecule has 0 spiro atoms. The van der Waals surface area contributed by atoms with Crippen LogP contribution in [-0.2, 0) is 0 Å². The summed E-state index contributed by atoms with van der Waals surface area (Å²) in [6.45, 7) is 9.34. The molecule has 2 nitrogen and oxygen atoms in total. The van der Waals surface area contributed by atoms with Crippen LogP contribution < -0.4 is 10.6 Å². The van der Waals surface area contributed by atoms with E-state index in [9.17, 15) is 0 Å². The average molecular weight is 226 g/mol. The molecule has 0 saturated carbocycles. The van der Waals surface area contributed by atoms with Crippen LogP contribution in [0.15, 0.2) is 0 Å². The number of rotatable bonds is 7. The second-order valence-electron chi connectivity index (χ2n) is 5.77. The predicted octanol–water partition coefficient (Wildman–Crippen LogP) is 2.93. The van der Waals surface area contributed by atoms with E-state index in [2.05, 4.69) is 31.4 Å². The van der Waals surface area contributed by atoms with Crippen molar-refractivity contribution in [1.82, 2.24) is 10.6 Å². The summed E-state index contributed by atoms with van der Waals surface area (Å²) in [7, 11) is 0. The molecule has 1 rings (SSSR count). The van der Waals surface area contributed by atoms with Gasteiger partial charge in [0.15, 0.2) is 0 Å². The molecule has 1 aliphatic heterocycles. The van der Waals surface area contributed by atoms with Crippen LogP contribution in [0.5, 0.6) is 0 Å². The van der Waals surface area contributed by atoms with Gasteiger partial charge in [-0.15, -0.1) is 0 Å². The summed E-state index contributed by atoms with van der Waals surface area (Å²) >= 11 is 0. The molecule has 1 heterocycles. The molecule has 16 heavy (non-hydrogen) atoms. The molecule has 0 aliphatic carbocycles. The molecule has 2 unspecified atom stereocenters. The zero-order valence-electron chi connectivity index (χ0n) is 11.4. The van der Waals surface area contributed by atoms with Crippen molar-refractivity contribution in [3.05, 3.63) is 0 Å². The summed E-state index contributed by atoms with van der Waals surface area (Å²) in [4.78, 5) is 0. The largest absolute Gasteiger partial charge is 0.314 e. The van der Waals surface area contributed by atoms with Crippen LogP contribution >= 0.6 is 0 Å². The number of nitrogens with one attached hydrogen (secondary N) is 2. The van der Waals surface area contributed by atoms with Gasteiger partial charge in [-0.25, -0.2) is 0 Å². The van der Waals surface area contributed by atoms with Gasteiger partial charge in [0.25, 0.3) is 0 Å². The van der Waals surface area contributed by atoms with E-state index in [1.54, 1.807) is 0 Å². The van der Waals surface area contributed by atoms with Crippen LogP contribution in [0.25, 0.3) is 0 Å². The zero-order valence-corrected chi connectivity index (χ0v) is 11.4. The monoisotopic (exact) mass is 226 g/mol. The van der Waals surface area contributed by atoms with Crippen LogP contribution in [0.3, 0.4) is 0 Å². The summed E-state index contributed by atoms with van der Waals surface area (Å²) in [5.41, 5.74) is 0. The standard InChI is InChI=1S/C14H30N2/c1-12(2)7-6-10-15-13(3)11-14-8-4-5-9-16-14/h12-16H,4-11H2,1-3H3. The molecule has 2 atom stereocenters. The molecule has 1 saturated heterocycles. The fraction of sp³-hybridized carbons (Fsp3) is 1.00. The van der Waals surface area contributed by atoms with E-state index >= 15 is 0 Å². The van der Waals surface area contributed by atoms with Crippen LogP contribution in [0.2, 0.25) is 0 Å². The van der Waals surface area contributed by atoms with Gasteiger partial charge in [0, 0.05) is 12.1 Å². The smallest absolute Gasteiger partial charge is 0.00817 e. The lowest BCUT2D eigenvalue weighted by atomic mass is 9.98. The first kappa shape index (κ1) is 14.0. The van der Waals surface area contributed by atoms with Crippen molar-refractivity contribution in [2.24, 2.45) is 5.92 Å². The van der Waals surface area contributed by atoms with E-state index < -0.39 is 0 Å². The average Bonchev–Trinajstić information content (AvgIpc) is 2.25. The molecular weight excluding hydrogens is 196 g/mol. The Morgan fingerprint density at radius 1 is 1.25 bits per heavy atom. The molecule has 1 aliphatic rings. The quantitative estimate of drug-likeness (QED) is 0.652. The van der Waals surface area contributed by atoms with Crippen LogP contribution in [0, 0.1) is 5.92 Å². The summed E-state index contributed by atoms with van der Waals surface area (Å²) in [5.74, 6) is 0.845. The molecule has 0 bridgehead atoms. The van der Waals surface area contributed by atoms with Gasteiger partial charge in [-0.3, -0.25) is 0 Å². The molecule has 0 aromatic heterocycles. The van der Waals surface area contributed by atoms with Crippen molar-refractivity contribution in [2.45, 2.75) is 71.4 Å². The van der Waals surface area contributed by atoms with Crippen molar-refractivity contribution in [2.75, 3.05) is 13.1 Å². The van der Waals surface area contributed by atoms with Gasteiger partial charge in [-0.2, -0.15) is 0 Å². The van der Waals surface area contributed by atoms with Crippen molar-refractivity contribution in [1.29, 1.82) is 0 Å². The fourth-order valence-electron chi connectivity index (χ4n) is 2.49. The molecule has 2 heteroatoms. The highest BCUT2D eigenvalue weighted by molar-refractivity contribution is 4.76. The Morgan fingerprint density at radius 3 is 2.69 bits per heavy atom. The number of hydrogen-bond acceptors (Lipinski definition) is 2. The number of piperidine rings is 1. The molecule has 0 aromatic rings. The van der Waals surface area contributed by atoms with Crippen molar-refractivity contribution >= 4 is 0 Å². The third-order valence-electron chi connectivity index (χ3n) is 3.50. The van der Waals surface area contributed by atoms with Crippen LogP contribution in [-0.4, -0.2) is 25.2 Å². The Kier molecular flexibility index (Phi) is 7.06. The van der Waals surface area contributed by atoms with Gasteiger partial charge in [0.05, 0.1) is 0 Å². The molecule has 96 valence electrons. The topological polar surface area (TPSA) is 24.1 Å².